The minimum atomic E-state index is -4.12. The number of benzene rings is 1. The third-order valence-electron chi connectivity index (χ3n) is 2.73. The molecule has 0 radical (unpaired) electrons. The number of rotatable bonds is 5. The van der Waals surface area contributed by atoms with Crippen LogP contribution in [0.25, 0.3) is 0 Å². The van der Waals surface area contributed by atoms with E-state index in [-0.39, 0.29) is 21.0 Å². The standard InChI is InChI=1S/C12H14ClNO6S/c1-6-9(11(15)16)4-8(13)5-10(6)21(18,19)14-7(2)12(17)20-3/h4-5,7,14H,1-3H3,(H,15,16). The maximum atomic E-state index is 12.2. The molecule has 0 aliphatic carbocycles. The summed E-state index contributed by atoms with van der Waals surface area (Å²) in [6.07, 6.45) is 0. The van der Waals surface area contributed by atoms with E-state index < -0.39 is 28.0 Å². The summed E-state index contributed by atoms with van der Waals surface area (Å²) in [5.41, 5.74) is -0.204. The van der Waals surface area contributed by atoms with E-state index in [1.54, 1.807) is 0 Å². The molecule has 7 nitrogen and oxygen atoms in total. The van der Waals surface area contributed by atoms with Crippen molar-refractivity contribution in [3.63, 3.8) is 0 Å². The van der Waals surface area contributed by atoms with E-state index >= 15 is 0 Å². The summed E-state index contributed by atoms with van der Waals surface area (Å²) >= 11 is 5.75. The molecule has 1 unspecified atom stereocenters. The average molecular weight is 336 g/mol. The number of halogens is 1. The Morgan fingerprint density at radius 2 is 1.95 bits per heavy atom. The number of nitrogens with one attached hydrogen (secondary N) is 1. The molecule has 0 fully saturated rings. The second kappa shape index (κ2) is 6.42. The first-order valence-corrected chi connectivity index (χ1v) is 7.60. The molecule has 1 aromatic carbocycles. The van der Waals surface area contributed by atoms with Crippen LogP contribution < -0.4 is 4.72 Å². The Hall–Kier alpha value is -1.64. The highest BCUT2D eigenvalue weighted by atomic mass is 35.5. The van der Waals surface area contributed by atoms with Gasteiger partial charge >= 0.3 is 11.9 Å². The van der Waals surface area contributed by atoms with Gasteiger partial charge in [0.05, 0.1) is 17.6 Å². The first-order valence-electron chi connectivity index (χ1n) is 5.73. The molecule has 1 rings (SSSR count). The Morgan fingerprint density at radius 1 is 1.38 bits per heavy atom. The normalized spacial score (nSPS) is 12.8. The molecular weight excluding hydrogens is 322 g/mol. The molecule has 0 heterocycles. The van der Waals surface area contributed by atoms with Gasteiger partial charge in [-0.15, -0.1) is 0 Å². The van der Waals surface area contributed by atoms with Gasteiger partial charge in [-0.05, 0) is 31.5 Å². The largest absolute Gasteiger partial charge is 0.478 e. The number of hydrogen-bond acceptors (Lipinski definition) is 5. The van der Waals surface area contributed by atoms with E-state index in [9.17, 15) is 18.0 Å². The number of aromatic carboxylic acids is 1. The first kappa shape index (κ1) is 17.4. The molecule has 0 aliphatic heterocycles. The maximum absolute atomic E-state index is 12.2. The Balaban J connectivity index is 3.32. The fraction of sp³-hybridized carbons (Fsp3) is 0.333. The number of carboxylic acid groups (broad SMARTS) is 1. The number of sulfonamides is 1. The number of carbonyl (C=O) groups is 2. The van der Waals surface area contributed by atoms with Gasteiger partial charge in [0.15, 0.2) is 0 Å². The third-order valence-corrected chi connectivity index (χ3v) is 4.62. The minimum Gasteiger partial charge on any atom is -0.478 e. The van der Waals surface area contributed by atoms with Gasteiger partial charge in [0.25, 0.3) is 0 Å². The Morgan fingerprint density at radius 3 is 2.43 bits per heavy atom. The van der Waals surface area contributed by atoms with Gasteiger partial charge in [-0.2, -0.15) is 4.72 Å². The Kier molecular flexibility index (Phi) is 5.32. The Labute approximate surface area is 126 Å². The lowest BCUT2D eigenvalue weighted by molar-refractivity contribution is -0.142. The number of carboxylic acids is 1. The maximum Gasteiger partial charge on any atom is 0.336 e. The molecule has 116 valence electrons. The number of methoxy groups -OCH3 is 1. The molecule has 0 aliphatic rings. The lowest BCUT2D eigenvalue weighted by Gasteiger charge is -2.15. The number of ether oxygens (including phenoxy) is 1. The minimum absolute atomic E-state index is 0.0245. The zero-order valence-corrected chi connectivity index (χ0v) is 13.1. The van der Waals surface area contributed by atoms with E-state index in [2.05, 4.69) is 9.46 Å². The number of carbonyl (C=O) groups excluding carboxylic acids is 1. The van der Waals surface area contributed by atoms with Crippen molar-refractivity contribution in [1.82, 2.24) is 4.72 Å². The first-order chi connectivity index (χ1) is 9.60. The summed E-state index contributed by atoms with van der Waals surface area (Å²) in [6.45, 7) is 2.65. The topological polar surface area (TPSA) is 110 Å². The van der Waals surface area contributed by atoms with Gasteiger partial charge in [0.1, 0.15) is 6.04 Å². The van der Waals surface area contributed by atoms with E-state index in [1.165, 1.54) is 13.8 Å². The quantitative estimate of drug-likeness (QED) is 0.782. The predicted molar refractivity (Wildman–Crippen MR) is 74.9 cm³/mol. The van der Waals surface area contributed by atoms with Crippen molar-refractivity contribution in [2.45, 2.75) is 24.8 Å². The molecule has 21 heavy (non-hydrogen) atoms. The van der Waals surface area contributed by atoms with Crippen LogP contribution >= 0.6 is 11.6 Å². The molecule has 0 spiro atoms. The van der Waals surface area contributed by atoms with Crippen LogP contribution in [0.5, 0.6) is 0 Å². The average Bonchev–Trinajstić information content (AvgIpc) is 2.38. The van der Waals surface area contributed by atoms with Crippen LogP contribution in [0.3, 0.4) is 0 Å². The highest BCUT2D eigenvalue weighted by Crippen LogP contribution is 2.24. The fourth-order valence-corrected chi connectivity index (χ4v) is 3.44. The van der Waals surface area contributed by atoms with Crippen molar-refractivity contribution in [3.05, 3.63) is 28.3 Å². The van der Waals surface area contributed by atoms with E-state index in [1.807, 2.05) is 0 Å². The van der Waals surface area contributed by atoms with Gasteiger partial charge in [0, 0.05) is 5.02 Å². The fourth-order valence-electron chi connectivity index (χ4n) is 1.68. The third kappa shape index (κ3) is 3.93. The smallest absolute Gasteiger partial charge is 0.336 e. The monoisotopic (exact) mass is 335 g/mol. The van der Waals surface area contributed by atoms with Gasteiger partial charge in [-0.1, -0.05) is 11.6 Å². The van der Waals surface area contributed by atoms with Crippen molar-refractivity contribution in [2.24, 2.45) is 0 Å². The zero-order valence-electron chi connectivity index (χ0n) is 11.5. The van der Waals surface area contributed by atoms with Gasteiger partial charge in [-0.3, -0.25) is 4.79 Å². The summed E-state index contributed by atoms with van der Waals surface area (Å²) in [6, 6.07) is 1.16. The van der Waals surface area contributed by atoms with Gasteiger partial charge in [-0.25, -0.2) is 13.2 Å². The molecule has 9 heteroatoms. The van der Waals surface area contributed by atoms with E-state index in [4.69, 9.17) is 16.7 Å². The van der Waals surface area contributed by atoms with E-state index in [0.717, 1.165) is 19.2 Å². The van der Waals surface area contributed by atoms with Crippen molar-refractivity contribution in [2.75, 3.05) is 7.11 Å². The zero-order chi connectivity index (χ0) is 16.4. The molecule has 1 atom stereocenters. The molecule has 0 saturated carbocycles. The van der Waals surface area contributed by atoms with Crippen molar-refractivity contribution in [1.29, 1.82) is 0 Å². The van der Waals surface area contributed by atoms with Crippen LogP contribution in [0, 0.1) is 6.92 Å². The molecule has 0 amide bonds. The number of esters is 1. The lowest BCUT2D eigenvalue weighted by Crippen LogP contribution is -2.39. The van der Waals surface area contributed by atoms with Crippen molar-refractivity contribution >= 4 is 33.6 Å². The molecule has 0 bridgehead atoms. The highest BCUT2D eigenvalue weighted by Gasteiger charge is 2.26. The number of hydrogen-bond donors (Lipinski definition) is 2. The molecule has 2 N–H and O–H groups in total. The van der Waals surface area contributed by atoms with Crippen molar-refractivity contribution in [3.8, 4) is 0 Å². The highest BCUT2D eigenvalue weighted by molar-refractivity contribution is 7.89. The summed E-state index contributed by atoms with van der Waals surface area (Å²) in [5, 5.41) is 9.00. The predicted octanol–water partition coefficient (Wildman–Crippen LogP) is 1.19. The second-order valence-electron chi connectivity index (χ2n) is 4.25. The van der Waals surface area contributed by atoms with Crippen LogP contribution in [-0.2, 0) is 19.6 Å². The van der Waals surface area contributed by atoms with E-state index in [0.29, 0.717) is 0 Å². The second-order valence-corrected chi connectivity index (χ2v) is 6.37. The summed E-state index contributed by atoms with van der Waals surface area (Å²) < 4.78 is 31.0. The van der Waals surface area contributed by atoms with Crippen molar-refractivity contribution < 1.29 is 27.9 Å². The van der Waals surface area contributed by atoms with Crippen LogP contribution in [0.15, 0.2) is 17.0 Å². The SMILES string of the molecule is COC(=O)C(C)NS(=O)(=O)c1cc(Cl)cc(C(=O)O)c1C. The molecular formula is C12H14ClNO6S. The van der Waals surface area contributed by atoms with Crippen LogP contribution in [0.1, 0.15) is 22.8 Å². The van der Waals surface area contributed by atoms with Gasteiger partial charge < -0.3 is 9.84 Å². The van der Waals surface area contributed by atoms with Crippen LogP contribution in [0.4, 0.5) is 0 Å². The summed E-state index contributed by atoms with van der Waals surface area (Å²) in [4.78, 5) is 22.1. The van der Waals surface area contributed by atoms with Crippen LogP contribution in [-0.4, -0.2) is 38.6 Å². The molecule has 0 aromatic heterocycles. The lowest BCUT2D eigenvalue weighted by atomic mass is 10.1. The van der Waals surface area contributed by atoms with Crippen LogP contribution in [0.2, 0.25) is 5.02 Å². The summed E-state index contributed by atoms with van der Waals surface area (Å²) in [5.74, 6) is -2.07. The molecule has 1 aromatic rings. The Bertz CT molecular complexity index is 685. The summed E-state index contributed by atoms with van der Waals surface area (Å²) in [7, 11) is -3.00. The van der Waals surface area contributed by atoms with Gasteiger partial charge in [0.2, 0.25) is 10.0 Å². The molecule has 0 saturated heterocycles.